The van der Waals surface area contributed by atoms with Crippen LogP contribution in [-0.4, -0.2) is 32.8 Å². The average molecular weight is 296 g/mol. The van der Waals surface area contributed by atoms with Crippen molar-refractivity contribution in [3.8, 4) is 0 Å². The molecule has 1 amide bonds. The van der Waals surface area contributed by atoms with Crippen LogP contribution in [0.4, 0.5) is 4.79 Å². The number of ether oxygens (including phenoxy) is 1. The Labute approximate surface area is 120 Å². The molecule has 8 heteroatoms. The molecule has 20 heavy (non-hydrogen) atoms. The first-order valence-corrected chi connectivity index (χ1v) is 6.48. The van der Waals surface area contributed by atoms with E-state index >= 15 is 0 Å². The second-order valence-corrected chi connectivity index (χ2v) is 4.34. The monoisotopic (exact) mass is 295 g/mol. The first-order valence-electron chi connectivity index (χ1n) is 6.10. The summed E-state index contributed by atoms with van der Waals surface area (Å²) in [4.78, 5) is 13.0. The molecule has 0 fully saturated rings. The molecule has 106 valence electrons. The van der Waals surface area contributed by atoms with E-state index in [0.29, 0.717) is 17.1 Å². The normalized spacial score (nSPS) is 11.9. The number of nitrogens with zero attached hydrogens (tertiary/aromatic N) is 4. The van der Waals surface area contributed by atoms with E-state index in [0.717, 1.165) is 0 Å². The molecule has 0 saturated carbocycles. The van der Waals surface area contributed by atoms with Gasteiger partial charge in [-0.3, -0.25) is 0 Å². The number of hydrogen-bond donors (Lipinski definition) is 1. The summed E-state index contributed by atoms with van der Waals surface area (Å²) in [6, 6.07) is 7.16. The lowest BCUT2D eigenvalue weighted by molar-refractivity contribution is 0.0825. The Hall–Kier alpha value is -2.15. The van der Waals surface area contributed by atoms with Crippen molar-refractivity contribution in [3.05, 3.63) is 41.2 Å². The maximum Gasteiger partial charge on any atom is 0.407 e. The van der Waals surface area contributed by atoms with Gasteiger partial charge >= 0.3 is 6.09 Å². The van der Waals surface area contributed by atoms with Gasteiger partial charge < -0.3 is 10.1 Å². The van der Waals surface area contributed by atoms with Gasteiger partial charge in [-0.25, -0.2) is 4.79 Å². The van der Waals surface area contributed by atoms with E-state index in [4.69, 9.17) is 16.3 Å². The van der Waals surface area contributed by atoms with Gasteiger partial charge in [-0.15, -0.1) is 10.2 Å². The van der Waals surface area contributed by atoms with E-state index in [1.807, 2.05) is 19.1 Å². The number of carbonyl (C=O) groups excluding carboxylic acids is 1. The van der Waals surface area contributed by atoms with Gasteiger partial charge in [0.05, 0.1) is 0 Å². The highest BCUT2D eigenvalue weighted by Gasteiger charge is 2.20. The van der Waals surface area contributed by atoms with Crippen LogP contribution in [0.2, 0.25) is 5.02 Å². The molecule has 7 nitrogen and oxygen atoms in total. The first-order chi connectivity index (χ1) is 9.70. The molecule has 1 atom stereocenters. The van der Waals surface area contributed by atoms with Gasteiger partial charge in [0.1, 0.15) is 6.54 Å². The highest BCUT2D eigenvalue weighted by molar-refractivity contribution is 6.31. The molecule has 2 rings (SSSR count). The predicted octanol–water partition coefficient (Wildman–Crippen LogP) is 1.81. The molecule has 0 aliphatic heterocycles. The van der Waals surface area contributed by atoms with Crippen molar-refractivity contribution in [3.63, 3.8) is 0 Å². The fraction of sp³-hybridized carbons (Fsp3) is 0.333. The molecule has 1 heterocycles. The van der Waals surface area contributed by atoms with Crippen molar-refractivity contribution < 1.29 is 9.53 Å². The SMILES string of the molecule is CCNC(=O)O[C@@H](Cn1ncnn1)c1ccccc1Cl. The largest absolute Gasteiger partial charge is 0.439 e. The van der Waals surface area contributed by atoms with Crippen LogP contribution < -0.4 is 5.32 Å². The highest BCUT2D eigenvalue weighted by atomic mass is 35.5. The molecule has 0 aliphatic rings. The van der Waals surface area contributed by atoms with Gasteiger partial charge in [-0.2, -0.15) is 4.80 Å². The van der Waals surface area contributed by atoms with Crippen LogP contribution in [0.25, 0.3) is 0 Å². The number of amides is 1. The van der Waals surface area contributed by atoms with Crippen LogP contribution in [-0.2, 0) is 11.3 Å². The summed E-state index contributed by atoms with van der Waals surface area (Å²) in [5.41, 5.74) is 0.692. The maximum atomic E-state index is 11.6. The summed E-state index contributed by atoms with van der Waals surface area (Å²) in [5, 5.41) is 14.4. The minimum atomic E-state index is -0.593. The van der Waals surface area contributed by atoms with Gasteiger partial charge in [-0.1, -0.05) is 29.8 Å². The van der Waals surface area contributed by atoms with E-state index in [1.54, 1.807) is 12.1 Å². The third-order valence-electron chi connectivity index (χ3n) is 2.54. The predicted molar refractivity (Wildman–Crippen MR) is 72.2 cm³/mol. The number of hydrogen-bond acceptors (Lipinski definition) is 5. The number of tetrazole rings is 1. The molecular formula is C12H14ClN5O2. The van der Waals surface area contributed by atoms with Crippen LogP contribution in [0.5, 0.6) is 0 Å². The third kappa shape index (κ3) is 3.67. The average Bonchev–Trinajstić information content (AvgIpc) is 2.92. The highest BCUT2D eigenvalue weighted by Crippen LogP contribution is 2.26. The Morgan fingerprint density at radius 1 is 1.50 bits per heavy atom. The van der Waals surface area contributed by atoms with Crippen molar-refractivity contribution in [1.82, 2.24) is 25.5 Å². The number of benzene rings is 1. The number of aromatic nitrogens is 4. The topological polar surface area (TPSA) is 81.9 Å². The lowest BCUT2D eigenvalue weighted by atomic mass is 10.1. The molecule has 0 spiro atoms. The van der Waals surface area contributed by atoms with Crippen molar-refractivity contribution in [2.24, 2.45) is 0 Å². The summed E-state index contributed by atoms with van der Waals surface area (Å²) in [5.74, 6) is 0. The second kappa shape index (κ2) is 6.85. The fourth-order valence-corrected chi connectivity index (χ4v) is 1.93. The van der Waals surface area contributed by atoms with E-state index in [1.165, 1.54) is 11.1 Å². The number of carbonyl (C=O) groups is 1. The Morgan fingerprint density at radius 2 is 2.30 bits per heavy atom. The zero-order valence-corrected chi connectivity index (χ0v) is 11.6. The molecule has 0 aliphatic carbocycles. The van der Waals surface area contributed by atoms with Gasteiger partial charge in [0.25, 0.3) is 0 Å². The standard InChI is InChI=1S/C12H14ClN5O2/c1-2-14-12(19)20-11(7-18-16-8-15-17-18)9-5-3-4-6-10(9)13/h3-6,8,11H,2,7H2,1H3,(H,14,19)/t11-/m0/s1. The minimum Gasteiger partial charge on any atom is -0.439 e. The molecule has 1 N–H and O–H groups in total. The lowest BCUT2D eigenvalue weighted by Gasteiger charge is -2.18. The summed E-state index contributed by atoms with van der Waals surface area (Å²) in [6.07, 6.45) is 0.206. The Kier molecular flexibility index (Phi) is 4.89. The van der Waals surface area contributed by atoms with Crippen LogP contribution in [0.15, 0.2) is 30.6 Å². The van der Waals surface area contributed by atoms with E-state index < -0.39 is 12.2 Å². The summed E-state index contributed by atoms with van der Waals surface area (Å²) in [7, 11) is 0. The van der Waals surface area contributed by atoms with Crippen LogP contribution >= 0.6 is 11.6 Å². The Balaban J connectivity index is 2.19. The number of rotatable bonds is 5. The molecule has 2 aromatic rings. The van der Waals surface area contributed by atoms with Gasteiger partial charge in [-0.05, 0) is 18.2 Å². The lowest BCUT2D eigenvalue weighted by Crippen LogP contribution is -2.27. The van der Waals surface area contributed by atoms with Crippen molar-refractivity contribution in [2.45, 2.75) is 19.6 Å². The van der Waals surface area contributed by atoms with E-state index in [2.05, 4.69) is 20.7 Å². The van der Waals surface area contributed by atoms with Crippen molar-refractivity contribution in [2.75, 3.05) is 6.54 Å². The van der Waals surface area contributed by atoms with Crippen LogP contribution in [0.3, 0.4) is 0 Å². The molecule has 0 radical (unpaired) electrons. The molecule has 0 bridgehead atoms. The van der Waals surface area contributed by atoms with Gasteiger partial charge in [0.15, 0.2) is 12.4 Å². The molecule has 1 aromatic heterocycles. The quantitative estimate of drug-likeness (QED) is 0.910. The van der Waals surface area contributed by atoms with E-state index in [9.17, 15) is 4.79 Å². The molecule has 0 saturated heterocycles. The van der Waals surface area contributed by atoms with Crippen LogP contribution in [0.1, 0.15) is 18.6 Å². The summed E-state index contributed by atoms with van der Waals surface area (Å²) in [6.45, 7) is 2.53. The molecule has 0 unspecified atom stereocenters. The van der Waals surface area contributed by atoms with Crippen molar-refractivity contribution in [1.29, 1.82) is 0 Å². The van der Waals surface area contributed by atoms with Gasteiger partial charge in [0, 0.05) is 17.1 Å². The second-order valence-electron chi connectivity index (χ2n) is 3.94. The maximum absolute atomic E-state index is 11.6. The molecule has 1 aromatic carbocycles. The fourth-order valence-electron chi connectivity index (χ4n) is 1.67. The number of alkyl carbamates (subject to hydrolysis) is 1. The third-order valence-corrected chi connectivity index (χ3v) is 2.89. The number of halogens is 1. The number of nitrogens with one attached hydrogen (secondary N) is 1. The Morgan fingerprint density at radius 3 is 2.95 bits per heavy atom. The first kappa shape index (κ1) is 14.3. The molecular weight excluding hydrogens is 282 g/mol. The smallest absolute Gasteiger partial charge is 0.407 e. The zero-order chi connectivity index (χ0) is 14.4. The summed E-state index contributed by atoms with van der Waals surface area (Å²) < 4.78 is 5.37. The van der Waals surface area contributed by atoms with Crippen molar-refractivity contribution >= 4 is 17.7 Å². The van der Waals surface area contributed by atoms with E-state index in [-0.39, 0.29) is 6.54 Å². The zero-order valence-electron chi connectivity index (χ0n) is 10.9. The summed E-state index contributed by atoms with van der Waals surface area (Å²) >= 11 is 6.14. The minimum absolute atomic E-state index is 0.237. The van der Waals surface area contributed by atoms with Crippen LogP contribution in [0, 0.1) is 0 Å². The Bertz CT molecular complexity index is 561. The van der Waals surface area contributed by atoms with Gasteiger partial charge in [0.2, 0.25) is 0 Å².